The van der Waals surface area contributed by atoms with Crippen LogP contribution < -0.4 is 0 Å². The Labute approximate surface area is 128 Å². The third-order valence-electron chi connectivity index (χ3n) is 4.03. The number of rotatable bonds is 1. The van der Waals surface area contributed by atoms with Crippen LogP contribution in [-0.4, -0.2) is 19.5 Å². The van der Waals surface area contributed by atoms with E-state index in [0.717, 1.165) is 17.6 Å². The molecule has 4 nitrogen and oxygen atoms in total. The van der Waals surface area contributed by atoms with Gasteiger partial charge in [0.1, 0.15) is 18.2 Å². The largest absolute Gasteiger partial charge is 0.287 e. The normalized spacial score (nSPS) is 19.2. The van der Waals surface area contributed by atoms with E-state index in [1.165, 1.54) is 5.70 Å². The third-order valence-corrected chi connectivity index (χ3v) is 4.03. The van der Waals surface area contributed by atoms with Gasteiger partial charge in [0, 0.05) is 11.1 Å². The van der Waals surface area contributed by atoms with Gasteiger partial charge in [0.25, 0.3) is 0 Å². The highest BCUT2D eigenvalue weighted by Crippen LogP contribution is 2.45. The summed E-state index contributed by atoms with van der Waals surface area (Å²) in [7, 11) is 0. The Morgan fingerprint density at radius 1 is 1.14 bits per heavy atom. The Hall–Kier alpha value is -1.71. The molecule has 1 atom stereocenters. The van der Waals surface area contributed by atoms with Gasteiger partial charge in [0.05, 0.1) is 6.20 Å². The predicted octanol–water partition coefficient (Wildman–Crippen LogP) is 4.79. The standard InChI is InChI=1S/C13H16N4.2C2H6/c1-9-4-5-11(13(9,2)3)17-8-16-10-6-14-7-15-12(10)17;2*1-2/h5-9H,4H2,1-3H3;2*1-2H3. The van der Waals surface area contributed by atoms with Gasteiger partial charge in [-0.2, -0.15) is 0 Å². The van der Waals surface area contributed by atoms with Crippen LogP contribution in [0.2, 0.25) is 0 Å². The zero-order valence-electron chi connectivity index (χ0n) is 14.4. The topological polar surface area (TPSA) is 43.6 Å². The van der Waals surface area contributed by atoms with Crippen molar-refractivity contribution in [2.45, 2.75) is 54.9 Å². The van der Waals surface area contributed by atoms with E-state index in [1.54, 1.807) is 12.5 Å². The number of fused-ring (bicyclic) bond motifs is 1. The highest BCUT2D eigenvalue weighted by Gasteiger charge is 2.35. The molecule has 2 aromatic heterocycles. The molecule has 0 radical (unpaired) electrons. The fourth-order valence-corrected chi connectivity index (χ4v) is 2.45. The van der Waals surface area contributed by atoms with E-state index in [0.29, 0.717) is 5.92 Å². The number of hydrogen-bond acceptors (Lipinski definition) is 3. The summed E-state index contributed by atoms with van der Waals surface area (Å²) in [5, 5.41) is 0. The molecule has 0 aliphatic heterocycles. The first-order chi connectivity index (χ1) is 10.1. The molecule has 3 rings (SSSR count). The molecule has 116 valence electrons. The molecule has 0 bridgehead atoms. The number of imidazole rings is 1. The Bertz CT molecular complexity index is 596. The molecule has 1 aliphatic carbocycles. The van der Waals surface area contributed by atoms with Gasteiger partial charge in [0.2, 0.25) is 0 Å². The van der Waals surface area contributed by atoms with Gasteiger partial charge in [-0.25, -0.2) is 15.0 Å². The van der Waals surface area contributed by atoms with Crippen molar-refractivity contribution in [3.63, 3.8) is 0 Å². The molecular formula is C17H28N4. The monoisotopic (exact) mass is 288 g/mol. The summed E-state index contributed by atoms with van der Waals surface area (Å²) in [6.07, 6.45) is 8.60. The smallest absolute Gasteiger partial charge is 0.167 e. The van der Waals surface area contributed by atoms with E-state index in [-0.39, 0.29) is 5.41 Å². The van der Waals surface area contributed by atoms with Crippen molar-refractivity contribution >= 4 is 16.9 Å². The highest BCUT2D eigenvalue weighted by molar-refractivity contribution is 5.75. The Morgan fingerprint density at radius 3 is 2.38 bits per heavy atom. The van der Waals surface area contributed by atoms with E-state index in [1.807, 2.05) is 34.0 Å². The quantitative estimate of drug-likeness (QED) is 0.758. The second kappa shape index (κ2) is 7.34. The number of nitrogens with zero attached hydrogens (tertiary/aromatic N) is 4. The van der Waals surface area contributed by atoms with Crippen LogP contribution >= 0.6 is 0 Å². The minimum absolute atomic E-state index is 0.165. The van der Waals surface area contributed by atoms with Crippen LogP contribution in [0.15, 0.2) is 24.9 Å². The molecule has 2 aromatic rings. The third kappa shape index (κ3) is 3.14. The van der Waals surface area contributed by atoms with Crippen molar-refractivity contribution < 1.29 is 0 Å². The van der Waals surface area contributed by atoms with Crippen LogP contribution in [0.1, 0.15) is 54.9 Å². The molecular weight excluding hydrogens is 260 g/mol. The summed E-state index contributed by atoms with van der Waals surface area (Å²) in [6, 6.07) is 0. The van der Waals surface area contributed by atoms with Gasteiger partial charge in [-0.05, 0) is 12.3 Å². The van der Waals surface area contributed by atoms with Crippen molar-refractivity contribution in [1.29, 1.82) is 0 Å². The van der Waals surface area contributed by atoms with Crippen LogP contribution in [0.4, 0.5) is 0 Å². The van der Waals surface area contributed by atoms with Gasteiger partial charge in [-0.1, -0.05) is 54.5 Å². The molecule has 4 heteroatoms. The average molecular weight is 288 g/mol. The number of aromatic nitrogens is 4. The minimum Gasteiger partial charge on any atom is -0.287 e. The summed E-state index contributed by atoms with van der Waals surface area (Å²) < 4.78 is 2.10. The minimum atomic E-state index is 0.165. The molecule has 0 amide bonds. The summed E-state index contributed by atoms with van der Waals surface area (Å²) in [5.41, 5.74) is 3.21. The van der Waals surface area contributed by atoms with Crippen LogP contribution in [-0.2, 0) is 0 Å². The SMILES string of the molecule is CC.CC.CC1CC=C(n2cnc3cncnc32)C1(C)C. The Balaban J connectivity index is 0.000000510. The Morgan fingerprint density at radius 2 is 1.81 bits per heavy atom. The second-order valence-corrected chi connectivity index (χ2v) is 5.29. The van der Waals surface area contributed by atoms with Crippen LogP contribution in [0.5, 0.6) is 0 Å². The average Bonchev–Trinajstić information content (AvgIpc) is 3.05. The van der Waals surface area contributed by atoms with Gasteiger partial charge < -0.3 is 0 Å². The van der Waals surface area contributed by atoms with Gasteiger partial charge in [0.15, 0.2) is 5.65 Å². The summed E-state index contributed by atoms with van der Waals surface area (Å²) in [4.78, 5) is 12.7. The molecule has 0 aromatic carbocycles. The Kier molecular flexibility index (Phi) is 6.06. The summed E-state index contributed by atoms with van der Waals surface area (Å²) in [6.45, 7) is 14.9. The molecule has 1 aliphatic rings. The lowest BCUT2D eigenvalue weighted by Gasteiger charge is -2.28. The first-order valence-electron chi connectivity index (χ1n) is 7.95. The maximum absolute atomic E-state index is 4.35. The summed E-state index contributed by atoms with van der Waals surface area (Å²) in [5.74, 6) is 0.650. The fourth-order valence-electron chi connectivity index (χ4n) is 2.45. The lowest BCUT2D eigenvalue weighted by Crippen LogP contribution is -2.21. The van der Waals surface area contributed by atoms with Gasteiger partial charge in [-0.15, -0.1) is 0 Å². The number of hydrogen-bond donors (Lipinski definition) is 0. The predicted molar refractivity (Wildman–Crippen MR) is 89.9 cm³/mol. The lowest BCUT2D eigenvalue weighted by molar-refractivity contribution is 0.338. The van der Waals surface area contributed by atoms with Crippen LogP contribution in [0.3, 0.4) is 0 Å². The fraction of sp³-hybridized carbons (Fsp3) is 0.588. The second-order valence-electron chi connectivity index (χ2n) is 5.29. The van der Waals surface area contributed by atoms with Gasteiger partial charge >= 0.3 is 0 Å². The molecule has 0 fully saturated rings. The molecule has 2 heterocycles. The van der Waals surface area contributed by atoms with Crippen LogP contribution in [0, 0.1) is 11.3 Å². The highest BCUT2D eigenvalue weighted by atomic mass is 15.1. The van der Waals surface area contributed by atoms with E-state index in [2.05, 4.69) is 46.4 Å². The van der Waals surface area contributed by atoms with Crippen molar-refractivity contribution in [2.75, 3.05) is 0 Å². The van der Waals surface area contributed by atoms with Gasteiger partial charge in [-0.3, -0.25) is 4.57 Å². The zero-order chi connectivity index (χ0) is 16.0. The van der Waals surface area contributed by atoms with E-state index in [9.17, 15) is 0 Å². The van der Waals surface area contributed by atoms with E-state index < -0.39 is 0 Å². The molecule has 0 saturated carbocycles. The summed E-state index contributed by atoms with van der Waals surface area (Å²) >= 11 is 0. The molecule has 0 saturated heterocycles. The van der Waals surface area contributed by atoms with Crippen molar-refractivity contribution in [1.82, 2.24) is 19.5 Å². The van der Waals surface area contributed by atoms with Crippen LogP contribution in [0.25, 0.3) is 16.9 Å². The first kappa shape index (κ1) is 17.3. The maximum Gasteiger partial charge on any atom is 0.167 e. The molecule has 1 unspecified atom stereocenters. The van der Waals surface area contributed by atoms with Crippen molar-refractivity contribution in [2.24, 2.45) is 11.3 Å². The molecule has 21 heavy (non-hydrogen) atoms. The van der Waals surface area contributed by atoms with Crippen molar-refractivity contribution in [3.05, 3.63) is 24.9 Å². The maximum atomic E-state index is 4.35. The molecule has 0 N–H and O–H groups in total. The van der Waals surface area contributed by atoms with E-state index >= 15 is 0 Å². The first-order valence-corrected chi connectivity index (χ1v) is 7.95. The number of allylic oxidation sites excluding steroid dienone is 2. The van der Waals surface area contributed by atoms with E-state index in [4.69, 9.17) is 0 Å². The molecule has 0 spiro atoms. The lowest BCUT2D eigenvalue weighted by atomic mass is 9.81. The van der Waals surface area contributed by atoms with Crippen molar-refractivity contribution in [3.8, 4) is 0 Å². The zero-order valence-corrected chi connectivity index (χ0v) is 14.4.